The minimum Gasteiger partial charge on any atom is -0.290 e. The Morgan fingerprint density at radius 2 is 1.61 bits per heavy atom. The molecule has 1 fully saturated rings. The third kappa shape index (κ3) is 3.92. The second-order valence-electron chi connectivity index (χ2n) is 6.70. The number of aryl methyl sites for hydroxylation is 1. The molecule has 28 heavy (non-hydrogen) atoms. The van der Waals surface area contributed by atoms with E-state index in [-0.39, 0.29) is 5.91 Å². The predicted octanol–water partition coefficient (Wildman–Crippen LogP) is 5.90. The zero-order valence-corrected chi connectivity index (χ0v) is 16.6. The topological polar surface area (TPSA) is 32.7 Å². The van der Waals surface area contributed by atoms with Gasteiger partial charge in [-0.3, -0.25) is 9.69 Å². The van der Waals surface area contributed by atoms with E-state index in [0.717, 1.165) is 22.4 Å². The monoisotopic (exact) mass is 384 g/mol. The van der Waals surface area contributed by atoms with Gasteiger partial charge in [0.1, 0.15) is 0 Å². The van der Waals surface area contributed by atoms with Gasteiger partial charge in [0.2, 0.25) is 0 Å². The SMILES string of the molecule is Cc1ccc(N=C2S/C(=C\c3cccc(-c4ccccc4)c3)C(=O)N2C)cc1. The summed E-state index contributed by atoms with van der Waals surface area (Å²) in [5.74, 6) is -0.0269. The molecular formula is C24H20N2OS. The molecule has 0 spiro atoms. The van der Waals surface area contributed by atoms with Crippen LogP contribution >= 0.6 is 11.8 Å². The summed E-state index contributed by atoms with van der Waals surface area (Å²) in [7, 11) is 1.77. The Balaban J connectivity index is 1.62. The van der Waals surface area contributed by atoms with Gasteiger partial charge in [0.05, 0.1) is 10.6 Å². The van der Waals surface area contributed by atoms with Gasteiger partial charge < -0.3 is 0 Å². The van der Waals surface area contributed by atoms with Crippen LogP contribution in [0.1, 0.15) is 11.1 Å². The second-order valence-corrected chi connectivity index (χ2v) is 7.71. The minimum atomic E-state index is -0.0269. The Kier molecular flexibility index (Phi) is 5.13. The highest BCUT2D eigenvalue weighted by molar-refractivity contribution is 8.18. The molecule has 3 nitrogen and oxygen atoms in total. The van der Waals surface area contributed by atoms with Crippen LogP contribution in [0.2, 0.25) is 0 Å². The van der Waals surface area contributed by atoms with Gasteiger partial charge in [-0.25, -0.2) is 4.99 Å². The summed E-state index contributed by atoms with van der Waals surface area (Å²) in [6.07, 6.45) is 1.94. The molecule has 3 aromatic carbocycles. The number of carbonyl (C=O) groups excluding carboxylic acids is 1. The van der Waals surface area contributed by atoms with Crippen molar-refractivity contribution in [1.82, 2.24) is 4.90 Å². The Morgan fingerprint density at radius 1 is 0.893 bits per heavy atom. The number of rotatable bonds is 3. The first-order valence-corrected chi connectivity index (χ1v) is 9.90. The van der Waals surface area contributed by atoms with E-state index in [4.69, 9.17) is 0 Å². The predicted molar refractivity (Wildman–Crippen MR) is 118 cm³/mol. The molecule has 0 N–H and O–H groups in total. The van der Waals surface area contributed by atoms with Crippen LogP contribution < -0.4 is 0 Å². The fraction of sp³-hybridized carbons (Fsp3) is 0.0833. The maximum atomic E-state index is 12.7. The van der Waals surface area contributed by atoms with Gasteiger partial charge in [-0.1, -0.05) is 66.2 Å². The molecule has 0 unspecified atom stereocenters. The number of carbonyl (C=O) groups is 1. The number of likely N-dealkylation sites (N-methyl/N-ethyl adjacent to an activating group) is 1. The van der Waals surface area contributed by atoms with Crippen LogP contribution in [-0.2, 0) is 4.79 Å². The van der Waals surface area contributed by atoms with Crippen LogP contribution in [0.4, 0.5) is 5.69 Å². The summed E-state index contributed by atoms with van der Waals surface area (Å²) in [5.41, 5.74) is 5.33. The molecule has 1 amide bonds. The fourth-order valence-electron chi connectivity index (χ4n) is 2.97. The van der Waals surface area contributed by atoms with Crippen LogP contribution in [0.3, 0.4) is 0 Å². The van der Waals surface area contributed by atoms with Gasteiger partial charge in [0.25, 0.3) is 5.91 Å². The van der Waals surface area contributed by atoms with E-state index in [1.165, 1.54) is 17.3 Å². The Labute approximate surface area is 169 Å². The molecule has 0 radical (unpaired) electrons. The van der Waals surface area contributed by atoms with Crippen molar-refractivity contribution in [3.05, 3.63) is 94.9 Å². The summed E-state index contributed by atoms with van der Waals surface area (Å²) in [5, 5.41) is 0.694. The number of hydrogen-bond acceptors (Lipinski definition) is 3. The Morgan fingerprint density at radius 3 is 2.36 bits per heavy atom. The molecule has 1 aliphatic rings. The van der Waals surface area contributed by atoms with Crippen molar-refractivity contribution in [3.8, 4) is 11.1 Å². The number of aliphatic imine (C=N–C) groups is 1. The third-order valence-electron chi connectivity index (χ3n) is 4.55. The lowest BCUT2D eigenvalue weighted by Gasteiger charge is -2.07. The third-order valence-corrected chi connectivity index (χ3v) is 5.61. The van der Waals surface area contributed by atoms with Crippen molar-refractivity contribution in [2.24, 2.45) is 4.99 Å². The molecule has 0 bridgehead atoms. The van der Waals surface area contributed by atoms with Crippen LogP contribution in [0, 0.1) is 6.92 Å². The molecule has 4 rings (SSSR count). The molecule has 138 valence electrons. The maximum absolute atomic E-state index is 12.7. The zero-order chi connectivity index (χ0) is 19.5. The molecule has 0 atom stereocenters. The van der Waals surface area contributed by atoms with E-state index in [1.807, 2.05) is 67.6 Å². The van der Waals surface area contributed by atoms with Gasteiger partial charge in [0, 0.05) is 7.05 Å². The van der Waals surface area contributed by atoms with Gasteiger partial charge in [0.15, 0.2) is 5.17 Å². The molecule has 3 aromatic rings. The van der Waals surface area contributed by atoms with Gasteiger partial charge >= 0.3 is 0 Å². The van der Waals surface area contributed by atoms with Crippen LogP contribution in [-0.4, -0.2) is 23.0 Å². The van der Waals surface area contributed by atoms with Crippen molar-refractivity contribution in [3.63, 3.8) is 0 Å². The highest BCUT2D eigenvalue weighted by Crippen LogP contribution is 2.33. The standard InChI is InChI=1S/C24H20N2OS/c1-17-11-13-21(14-12-17)25-24-26(2)23(27)22(28-24)16-18-7-6-10-20(15-18)19-8-4-3-5-9-19/h3-16H,1-2H3/b22-16-,25-24?. The lowest BCUT2D eigenvalue weighted by atomic mass is 10.0. The molecular weight excluding hydrogens is 364 g/mol. The van der Waals surface area contributed by atoms with Crippen LogP contribution in [0.25, 0.3) is 17.2 Å². The summed E-state index contributed by atoms with van der Waals surface area (Å²) in [6, 6.07) is 26.4. The van der Waals surface area contributed by atoms with E-state index in [9.17, 15) is 4.79 Å². The first kappa shape index (κ1) is 18.3. The van der Waals surface area contributed by atoms with Gasteiger partial charge in [-0.15, -0.1) is 0 Å². The average molecular weight is 385 g/mol. The summed E-state index contributed by atoms with van der Waals surface area (Å²) < 4.78 is 0. The number of hydrogen-bond donors (Lipinski definition) is 0. The maximum Gasteiger partial charge on any atom is 0.266 e. The quantitative estimate of drug-likeness (QED) is 0.527. The molecule has 0 aromatic heterocycles. The smallest absolute Gasteiger partial charge is 0.266 e. The summed E-state index contributed by atoms with van der Waals surface area (Å²) >= 11 is 1.41. The number of thioether (sulfide) groups is 1. The highest BCUT2D eigenvalue weighted by Gasteiger charge is 2.30. The molecule has 0 saturated carbocycles. The van der Waals surface area contributed by atoms with Crippen molar-refractivity contribution in [1.29, 1.82) is 0 Å². The van der Waals surface area contributed by atoms with Crippen molar-refractivity contribution in [2.45, 2.75) is 6.92 Å². The molecule has 4 heteroatoms. The van der Waals surface area contributed by atoms with E-state index < -0.39 is 0 Å². The average Bonchev–Trinajstić information content (AvgIpc) is 2.98. The van der Waals surface area contributed by atoms with E-state index in [0.29, 0.717) is 10.1 Å². The summed E-state index contributed by atoms with van der Waals surface area (Å²) in [6.45, 7) is 2.04. The first-order chi connectivity index (χ1) is 13.6. The number of amides is 1. The van der Waals surface area contributed by atoms with Gasteiger partial charge in [-0.05, 0) is 59.7 Å². The van der Waals surface area contributed by atoms with Crippen LogP contribution in [0.5, 0.6) is 0 Å². The van der Waals surface area contributed by atoms with E-state index in [1.54, 1.807) is 11.9 Å². The second kappa shape index (κ2) is 7.87. The molecule has 1 heterocycles. The van der Waals surface area contributed by atoms with Crippen molar-refractivity contribution >= 4 is 34.6 Å². The number of nitrogens with zero attached hydrogens (tertiary/aromatic N) is 2. The zero-order valence-electron chi connectivity index (χ0n) is 15.8. The van der Waals surface area contributed by atoms with Gasteiger partial charge in [-0.2, -0.15) is 0 Å². The molecule has 1 aliphatic heterocycles. The fourth-order valence-corrected chi connectivity index (χ4v) is 3.96. The van der Waals surface area contributed by atoms with Crippen molar-refractivity contribution < 1.29 is 4.79 Å². The molecule has 1 saturated heterocycles. The first-order valence-electron chi connectivity index (χ1n) is 9.08. The minimum absolute atomic E-state index is 0.0269. The summed E-state index contributed by atoms with van der Waals surface area (Å²) in [4.78, 5) is 19.6. The normalized spacial score (nSPS) is 16.9. The molecule has 0 aliphatic carbocycles. The number of amidine groups is 1. The van der Waals surface area contributed by atoms with E-state index >= 15 is 0 Å². The lowest BCUT2D eigenvalue weighted by molar-refractivity contribution is -0.121. The Bertz CT molecular complexity index is 1070. The van der Waals surface area contributed by atoms with Crippen LogP contribution in [0.15, 0.2) is 88.8 Å². The Hall–Kier alpha value is -3.11. The lowest BCUT2D eigenvalue weighted by Crippen LogP contribution is -2.23. The largest absolute Gasteiger partial charge is 0.290 e. The highest BCUT2D eigenvalue weighted by atomic mass is 32.2. The van der Waals surface area contributed by atoms with Crippen molar-refractivity contribution in [2.75, 3.05) is 7.05 Å². The number of benzene rings is 3. The van der Waals surface area contributed by atoms with E-state index in [2.05, 4.69) is 29.3 Å².